The lowest BCUT2D eigenvalue weighted by molar-refractivity contribution is 0.211. The molecule has 1 aliphatic rings. The second-order valence-corrected chi connectivity index (χ2v) is 7.15. The summed E-state index contributed by atoms with van der Waals surface area (Å²) in [5.74, 6) is 1.81. The van der Waals surface area contributed by atoms with Crippen molar-refractivity contribution in [3.05, 3.63) is 11.8 Å². The van der Waals surface area contributed by atoms with Crippen LogP contribution in [0.5, 0.6) is 0 Å². The molecule has 0 aliphatic carbocycles. The monoisotopic (exact) mass is 250 g/mol. The fraction of sp³-hybridized carbons (Fsp3) is 0.812. The van der Waals surface area contributed by atoms with E-state index in [9.17, 15) is 0 Å². The second kappa shape index (κ2) is 5.07. The zero-order valence-electron chi connectivity index (χ0n) is 13.5. The van der Waals surface area contributed by atoms with E-state index in [1.807, 2.05) is 0 Å². The summed E-state index contributed by atoms with van der Waals surface area (Å²) in [6, 6.07) is 0. The average molecular weight is 250 g/mol. The molecule has 1 saturated heterocycles. The van der Waals surface area contributed by atoms with Crippen molar-refractivity contribution in [2.45, 2.75) is 79.3 Å². The Balaban J connectivity index is 3.16. The summed E-state index contributed by atoms with van der Waals surface area (Å²) in [5.41, 5.74) is 1.59. The van der Waals surface area contributed by atoms with Crippen LogP contribution in [-0.4, -0.2) is 21.8 Å². The van der Waals surface area contributed by atoms with Crippen molar-refractivity contribution < 1.29 is 0 Å². The van der Waals surface area contributed by atoms with Crippen LogP contribution in [0.3, 0.4) is 0 Å². The van der Waals surface area contributed by atoms with E-state index < -0.39 is 0 Å². The van der Waals surface area contributed by atoms with Crippen LogP contribution >= 0.6 is 0 Å². The largest absolute Gasteiger partial charge is 0.328 e. The van der Waals surface area contributed by atoms with Crippen molar-refractivity contribution in [1.29, 1.82) is 0 Å². The fourth-order valence-electron chi connectivity index (χ4n) is 2.55. The molecule has 0 aromatic heterocycles. The predicted molar refractivity (Wildman–Crippen MR) is 80.9 cm³/mol. The van der Waals surface area contributed by atoms with Crippen LogP contribution in [0, 0.1) is 5.92 Å². The van der Waals surface area contributed by atoms with Gasteiger partial charge in [0, 0.05) is 11.2 Å². The molecule has 2 heteroatoms. The van der Waals surface area contributed by atoms with Crippen LogP contribution in [0.4, 0.5) is 0 Å². The summed E-state index contributed by atoms with van der Waals surface area (Å²) < 4.78 is 0. The molecular formula is C16H30N2. The maximum Gasteiger partial charge on any atom is 0.113 e. The van der Waals surface area contributed by atoms with Gasteiger partial charge >= 0.3 is 0 Å². The van der Waals surface area contributed by atoms with Crippen LogP contribution in [0.15, 0.2) is 16.8 Å². The highest BCUT2D eigenvalue weighted by Gasteiger charge is 2.44. The Hall–Kier alpha value is -0.790. The zero-order chi connectivity index (χ0) is 14.1. The normalized spacial score (nSPS) is 25.8. The molecule has 18 heavy (non-hydrogen) atoms. The minimum atomic E-state index is 0.00397. The van der Waals surface area contributed by atoms with Crippen LogP contribution in [-0.2, 0) is 0 Å². The SMILES string of the molecule is CC/C=C1/C(CC)C(=NC(C)(C)C)N1C(C)(C)C. The number of hydrogen-bond acceptors (Lipinski definition) is 1. The van der Waals surface area contributed by atoms with Crippen molar-refractivity contribution >= 4 is 5.84 Å². The van der Waals surface area contributed by atoms with Crippen LogP contribution in [0.2, 0.25) is 0 Å². The number of nitrogens with zero attached hydrogens (tertiary/aromatic N) is 2. The van der Waals surface area contributed by atoms with Crippen molar-refractivity contribution in [3.63, 3.8) is 0 Å². The Bertz CT molecular complexity index is 350. The number of aliphatic imine (C=N–C) groups is 1. The molecule has 1 fully saturated rings. The van der Waals surface area contributed by atoms with Crippen molar-refractivity contribution in [2.24, 2.45) is 10.9 Å². The lowest BCUT2D eigenvalue weighted by atomic mass is 9.83. The van der Waals surface area contributed by atoms with E-state index >= 15 is 0 Å². The first-order valence-corrected chi connectivity index (χ1v) is 7.21. The van der Waals surface area contributed by atoms with Gasteiger partial charge in [0.25, 0.3) is 0 Å². The molecule has 0 aromatic rings. The molecule has 1 heterocycles. The van der Waals surface area contributed by atoms with E-state index in [1.54, 1.807) is 0 Å². The first-order chi connectivity index (χ1) is 8.11. The summed E-state index contributed by atoms with van der Waals surface area (Å²) in [6.45, 7) is 17.8. The lowest BCUT2D eigenvalue weighted by Gasteiger charge is -2.53. The number of allylic oxidation sites excluding steroid dienone is 1. The van der Waals surface area contributed by atoms with E-state index in [2.05, 4.69) is 66.4 Å². The Kier molecular flexibility index (Phi) is 4.30. The van der Waals surface area contributed by atoms with Crippen molar-refractivity contribution in [1.82, 2.24) is 4.90 Å². The Morgan fingerprint density at radius 1 is 1.11 bits per heavy atom. The third-order valence-corrected chi connectivity index (χ3v) is 3.10. The van der Waals surface area contributed by atoms with Gasteiger partial charge in [-0.05, 0) is 54.4 Å². The van der Waals surface area contributed by atoms with E-state index in [-0.39, 0.29) is 11.1 Å². The van der Waals surface area contributed by atoms with Gasteiger partial charge in [-0.25, -0.2) is 0 Å². The standard InChI is InChI=1S/C16H30N2/c1-9-11-13-12(10-2)14(17-15(3,4)5)18(13)16(6,7)8/h11-12H,9-10H2,1-8H3/b13-11-,17-14?. The number of amidine groups is 1. The Labute approximate surface area is 113 Å². The molecule has 1 aliphatic heterocycles. The van der Waals surface area contributed by atoms with Gasteiger partial charge < -0.3 is 4.90 Å². The highest BCUT2D eigenvalue weighted by molar-refractivity contribution is 5.96. The van der Waals surface area contributed by atoms with E-state index in [0.717, 1.165) is 12.8 Å². The first kappa shape index (κ1) is 15.3. The van der Waals surface area contributed by atoms with Crippen molar-refractivity contribution in [3.8, 4) is 0 Å². The molecule has 0 radical (unpaired) electrons. The fourth-order valence-corrected chi connectivity index (χ4v) is 2.55. The minimum Gasteiger partial charge on any atom is -0.328 e. The molecule has 0 spiro atoms. The Morgan fingerprint density at radius 3 is 2.00 bits per heavy atom. The quantitative estimate of drug-likeness (QED) is 0.698. The molecule has 0 bridgehead atoms. The highest BCUT2D eigenvalue weighted by Crippen LogP contribution is 2.41. The molecule has 1 atom stereocenters. The minimum absolute atomic E-state index is 0.00397. The predicted octanol–water partition coefficient (Wildman–Crippen LogP) is 4.62. The lowest BCUT2D eigenvalue weighted by Crippen LogP contribution is -2.59. The maximum atomic E-state index is 4.95. The molecule has 104 valence electrons. The first-order valence-electron chi connectivity index (χ1n) is 7.21. The highest BCUT2D eigenvalue weighted by atomic mass is 15.3. The van der Waals surface area contributed by atoms with Crippen LogP contribution in [0.1, 0.15) is 68.2 Å². The number of likely N-dealkylation sites (tertiary alicyclic amines) is 1. The second-order valence-electron chi connectivity index (χ2n) is 7.15. The van der Waals surface area contributed by atoms with E-state index in [1.165, 1.54) is 11.5 Å². The van der Waals surface area contributed by atoms with Crippen LogP contribution < -0.4 is 0 Å². The molecule has 0 aromatic carbocycles. The van der Waals surface area contributed by atoms with Gasteiger partial charge in [0.15, 0.2) is 0 Å². The average Bonchev–Trinajstić information content (AvgIpc) is 2.12. The third-order valence-electron chi connectivity index (χ3n) is 3.10. The van der Waals surface area contributed by atoms with Gasteiger partial charge in [0.05, 0.1) is 11.5 Å². The summed E-state index contributed by atoms with van der Waals surface area (Å²) in [7, 11) is 0. The van der Waals surface area contributed by atoms with Crippen LogP contribution in [0.25, 0.3) is 0 Å². The molecule has 0 saturated carbocycles. The zero-order valence-corrected chi connectivity index (χ0v) is 13.5. The molecule has 1 rings (SSSR count). The number of hydrogen-bond donors (Lipinski definition) is 0. The van der Waals surface area contributed by atoms with Gasteiger partial charge in [0.2, 0.25) is 0 Å². The van der Waals surface area contributed by atoms with E-state index in [4.69, 9.17) is 4.99 Å². The van der Waals surface area contributed by atoms with Gasteiger partial charge in [0.1, 0.15) is 5.84 Å². The Morgan fingerprint density at radius 2 is 1.67 bits per heavy atom. The molecular weight excluding hydrogens is 220 g/mol. The molecule has 2 nitrogen and oxygen atoms in total. The van der Waals surface area contributed by atoms with E-state index in [0.29, 0.717) is 5.92 Å². The van der Waals surface area contributed by atoms with Gasteiger partial charge in [-0.2, -0.15) is 0 Å². The molecule has 0 amide bonds. The van der Waals surface area contributed by atoms with Gasteiger partial charge in [-0.1, -0.05) is 19.9 Å². The maximum absolute atomic E-state index is 4.95. The number of rotatable bonds is 2. The molecule has 1 unspecified atom stereocenters. The summed E-state index contributed by atoms with van der Waals surface area (Å²) in [5, 5.41) is 0. The summed E-state index contributed by atoms with van der Waals surface area (Å²) in [4.78, 5) is 7.38. The summed E-state index contributed by atoms with van der Waals surface area (Å²) in [6.07, 6.45) is 4.61. The smallest absolute Gasteiger partial charge is 0.113 e. The van der Waals surface area contributed by atoms with Gasteiger partial charge in [-0.3, -0.25) is 4.99 Å². The van der Waals surface area contributed by atoms with Crippen molar-refractivity contribution in [2.75, 3.05) is 0 Å². The third kappa shape index (κ3) is 3.15. The summed E-state index contributed by atoms with van der Waals surface area (Å²) >= 11 is 0. The molecule has 0 N–H and O–H groups in total. The van der Waals surface area contributed by atoms with Gasteiger partial charge in [-0.15, -0.1) is 0 Å². The topological polar surface area (TPSA) is 15.6 Å².